The minimum absolute atomic E-state index is 0.00207. The number of hydrogen-bond acceptors (Lipinski definition) is 6. The number of fused-ring (bicyclic) bond motifs is 1. The van der Waals surface area contributed by atoms with Crippen LogP contribution >= 0.6 is 0 Å². The summed E-state index contributed by atoms with van der Waals surface area (Å²) < 4.78 is 6.98. The van der Waals surface area contributed by atoms with Crippen molar-refractivity contribution in [1.82, 2.24) is 25.4 Å². The molecular weight excluding hydrogens is 470 g/mol. The van der Waals surface area contributed by atoms with Crippen molar-refractivity contribution in [2.45, 2.75) is 58.6 Å². The van der Waals surface area contributed by atoms with Gasteiger partial charge in [-0.25, -0.2) is 9.78 Å². The van der Waals surface area contributed by atoms with Crippen LogP contribution in [0, 0.1) is 11.8 Å². The summed E-state index contributed by atoms with van der Waals surface area (Å²) in [6.45, 7) is 7.21. The Balaban J connectivity index is 1.35. The minimum atomic E-state index is -0.497. The van der Waals surface area contributed by atoms with E-state index in [9.17, 15) is 14.7 Å². The highest BCUT2D eigenvalue weighted by atomic mass is 16.6. The average Bonchev–Trinajstić information content (AvgIpc) is 3.34. The molecule has 0 atom stereocenters. The molecule has 0 bridgehead atoms. The van der Waals surface area contributed by atoms with E-state index in [0.29, 0.717) is 42.7 Å². The first-order valence-corrected chi connectivity index (χ1v) is 13.0. The number of aromatic nitrogens is 3. The van der Waals surface area contributed by atoms with Crippen LogP contribution in [0.3, 0.4) is 0 Å². The third kappa shape index (κ3) is 7.29. The SMILES string of the molecule is CC(C)(C)OC(=O)NCC1CCC(CNC(=O)c2cc(-c3cnn(CCO)c3)nc3ccccc23)CC1. The Morgan fingerprint density at radius 3 is 2.43 bits per heavy atom. The Labute approximate surface area is 217 Å². The molecule has 1 saturated carbocycles. The van der Waals surface area contributed by atoms with E-state index in [0.717, 1.165) is 42.1 Å². The summed E-state index contributed by atoms with van der Waals surface area (Å²) in [5.41, 5.74) is 2.31. The predicted octanol–water partition coefficient (Wildman–Crippen LogP) is 4.15. The van der Waals surface area contributed by atoms with Crippen molar-refractivity contribution in [2.75, 3.05) is 19.7 Å². The van der Waals surface area contributed by atoms with Crippen molar-refractivity contribution < 1.29 is 19.4 Å². The van der Waals surface area contributed by atoms with Crippen LogP contribution < -0.4 is 10.6 Å². The summed E-state index contributed by atoms with van der Waals surface area (Å²) in [5.74, 6) is 0.722. The Bertz CT molecular complexity index is 1220. The molecule has 4 rings (SSSR count). The Kier molecular flexibility index (Phi) is 8.43. The second kappa shape index (κ2) is 11.7. The maximum atomic E-state index is 13.3. The van der Waals surface area contributed by atoms with Gasteiger partial charge in [-0.3, -0.25) is 9.48 Å². The summed E-state index contributed by atoms with van der Waals surface area (Å²) in [4.78, 5) is 29.9. The Morgan fingerprint density at radius 1 is 1.08 bits per heavy atom. The molecule has 0 spiro atoms. The van der Waals surface area contributed by atoms with Gasteiger partial charge in [0.25, 0.3) is 5.91 Å². The highest BCUT2D eigenvalue weighted by Gasteiger charge is 2.24. The molecule has 1 aliphatic rings. The number of pyridine rings is 1. The summed E-state index contributed by atoms with van der Waals surface area (Å²) >= 11 is 0. The first-order chi connectivity index (χ1) is 17.7. The van der Waals surface area contributed by atoms with Crippen molar-refractivity contribution in [2.24, 2.45) is 11.8 Å². The first-order valence-electron chi connectivity index (χ1n) is 13.0. The molecule has 198 valence electrons. The number of ether oxygens (including phenoxy) is 1. The van der Waals surface area contributed by atoms with Gasteiger partial charge < -0.3 is 20.5 Å². The van der Waals surface area contributed by atoms with Gasteiger partial charge in [-0.05, 0) is 70.4 Å². The Morgan fingerprint density at radius 2 is 1.76 bits per heavy atom. The normalized spacial score (nSPS) is 17.9. The molecule has 2 heterocycles. The monoisotopic (exact) mass is 507 g/mol. The van der Waals surface area contributed by atoms with E-state index in [1.54, 1.807) is 10.9 Å². The minimum Gasteiger partial charge on any atom is -0.444 e. The lowest BCUT2D eigenvalue weighted by Gasteiger charge is -2.29. The summed E-state index contributed by atoms with van der Waals surface area (Å²) in [6.07, 6.45) is 7.19. The summed E-state index contributed by atoms with van der Waals surface area (Å²) in [6, 6.07) is 9.45. The molecule has 9 nitrogen and oxygen atoms in total. The number of para-hydroxylation sites is 1. The number of aliphatic hydroxyl groups excluding tert-OH is 1. The van der Waals surface area contributed by atoms with Crippen molar-refractivity contribution in [1.29, 1.82) is 0 Å². The van der Waals surface area contributed by atoms with E-state index in [-0.39, 0.29) is 18.6 Å². The van der Waals surface area contributed by atoms with Crippen LogP contribution in [0.15, 0.2) is 42.7 Å². The maximum Gasteiger partial charge on any atom is 0.407 e. The number of benzene rings is 1. The topological polar surface area (TPSA) is 118 Å². The van der Waals surface area contributed by atoms with Crippen molar-refractivity contribution in [3.63, 3.8) is 0 Å². The van der Waals surface area contributed by atoms with E-state index in [1.807, 2.05) is 57.3 Å². The van der Waals surface area contributed by atoms with Crippen LogP contribution in [-0.2, 0) is 11.3 Å². The molecule has 0 saturated heterocycles. The number of aliphatic hydroxyl groups is 1. The van der Waals surface area contributed by atoms with Gasteiger partial charge in [0, 0.05) is 30.2 Å². The molecule has 37 heavy (non-hydrogen) atoms. The van der Waals surface area contributed by atoms with Gasteiger partial charge in [0.1, 0.15) is 5.60 Å². The van der Waals surface area contributed by atoms with E-state index < -0.39 is 5.60 Å². The molecule has 0 radical (unpaired) electrons. The average molecular weight is 508 g/mol. The number of carbonyl (C=O) groups is 2. The number of carbonyl (C=O) groups excluding carboxylic acids is 2. The van der Waals surface area contributed by atoms with Gasteiger partial charge in [-0.15, -0.1) is 0 Å². The van der Waals surface area contributed by atoms with E-state index in [4.69, 9.17) is 9.72 Å². The third-order valence-corrected chi connectivity index (χ3v) is 6.67. The zero-order valence-corrected chi connectivity index (χ0v) is 21.9. The van der Waals surface area contributed by atoms with Crippen LogP contribution in [0.25, 0.3) is 22.2 Å². The second-order valence-corrected chi connectivity index (χ2v) is 10.8. The molecule has 0 unspecified atom stereocenters. The van der Waals surface area contributed by atoms with Crippen LogP contribution in [-0.4, -0.2) is 57.2 Å². The molecule has 3 N–H and O–H groups in total. The second-order valence-electron chi connectivity index (χ2n) is 10.8. The number of amides is 2. The third-order valence-electron chi connectivity index (χ3n) is 6.67. The molecular formula is C28H37N5O4. The zero-order chi connectivity index (χ0) is 26.4. The first kappa shape index (κ1) is 26.6. The number of rotatable bonds is 8. The van der Waals surface area contributed by atoms with Gasteiger partial charge >= 0.3 is 6.09 Å². The van der Waals surface area contributed by atoms with E-state index in [2.05, 4.69) is 15.7 Å². The van der Waals surface area contributed by atoms with Gasteiger partial charge in [-0.2, -0.15) is 5.10 Å². The van der Waals surface area contributed by atoms with Gasteiger partial charge in [-0.1, -0.05) is 18.2 Å². The fourth-order valence-electron chi connectivity index (χ4n) is 4.75. The van der Waals surface area contributed by atoms with Gasteiger partial charge in [0.05, 0.1) is 36.1 Å². The molecule has 3 aromatic rings. The highest BCUT2D eigenvalue weighted by Crippen LogP contribution is 2.29. The van der Waals surface area contributed by atoms with Crippen LogP contribution in [0.5, 0.6) is 0 Å². The number of hydrogen-bond donors (Lipinski definition) is 3. The molecule has 1 aromatic carbocycles. The lowest BCUT2D eigenvalue weighted by molar-refractivity contribution is 0.0512. The van der Waals surface area contributed by atoms with Crippen LogP contribution in [0.4, 0.5) is 4.79 Å². The lowest BCUT2D eigenvalue weighted by atomic mass is 9.82. The van der Waals surface area contributed by atoms with Crippen LogP contribution in [0.1, 0.15) is 56.8 Å². The Hall–Kier alpha value is -3.46. The summed E-state index contributed by atoms with van der Waals surface area (Å²) in [5, 5.41) is 20.3. The van der Waals surface area contributed by atoms with E-state index in [1.165, 1.54) is 0 Å². The summed E-state index contributed by atoms with van der Waals surface area (Å²) in [7, 11) is 0. The standard InChI is InChI=1S/C28H37N5O4/c1-28(2,3)37-27(36)30-16-20-10-8-19(9-11-20)15-29-26(35)23-14-25(21-17-31-33(18-21)12-13-34)32-24-7-5-4-6-22(23)24/h4-7,14,17-20,34H,8-13,15-16H2,1-3H3,(H,29,35)(H,30,36). The number of alkyl carbamates (subject to hydrolysis) is 1. The molecule has 0 aliphatic heterocycles. The van der Waals surface area contributed by atoms with Crippen molar-refractivity contribution in [3.8, 4) is 11.3 Å². The molecule has 1 aliphatic carbocycles. The number of nitrogens with zero attached hydrogens (tertiary/aromatic N) is 3. The smallest absolute Gasteiger partial charge is 0.407 e. The van der Waals surface area contributed by atoms with Crippen LogP contribution in [0.2, 0.25) is 0 Å². The van der Waals surface area contributed by atoms with Crippen molar-refractivity contribution in [3.05, 3.63) is 48.3 Å². The quantitative estimate of drug-likeness (QED) is 0.422. The fraction of sp³-hybridized carbons (Fsp3) is 0.500. The molecule has 2 aromatic heterocycles. The fourth-order valence-corrected chi connectivity index (χ4v) is 4.75. The lowest BCUT2D eigenvalue weighted by Crippen LogP contribution is -2.37. The molecule has 9 heteroatoms. The largest absolute Gasteiger partial charge is 0.444 e. The molecule has 2 amide bonds. The number of nitrogens with one attached hydrogen (secondary N) is 2. The van der Waals surface area contributed by atoms with Gasteiger partial charge in [0.2, 0.25) is 0 Å². The van der Waals surface area contributed by atoms with Gasteiger partial charge in [0.15, 0.2) is 0 Å². The van der Waals surface area contributed by atoms with E-state index >= 15 is 0 Å². The maximum absolute atomic E-state index is 13.3. The predicted molar refractivity (Wildman–Crippen MR) is 142 cm³/mol. The molecule has 1 fully saturated rings. The van der Waals surface area contributed by atoms with Crippen molar-refractivity contribution >= 4 is 22.9 Å². The zero-order valence-electron chi connectivity index (χ0n) is 21.9. The highest BCUT2D eigenvalue weighted by molar-refractivity contribution is 6.07.